The maximum atomic E-state index is 11.3. The van der Waals surface area contributed by atoms with Gasteiger partial charge < -0.3 is 10.1 Å². The third-order valence-electron chi connectivity index (χ3n) is 1.42. The first-order chi connectivity index (χ1) is 6.74. The number of alkyl halides is 1. The molecule has 0 bridgehead atoms. The van der Waals surface area contributed by atoms with Crippen molar-refractivity contribution in [3.05, 3.63) is 11.1 Å². The molecular weight excluding hydrogens is 226 g/mol. The Labute approximate surface area is 90.6 Å². The largest absolute Gasteiger partial charge is 0.383 e. The van der Waals surface area contributed by atoms with Gasteiger partial charge in [0.15, 0.2) is 5.69 Å². The van der Waals surface area contributed by atoms with Gasteiger partial charge in [0.1, 0.15) is 0 Å². The van der Waals surface area contributed by atoms with Gasteiger partial charge in [0, 0.05) is 19.0 Å². The van der Waals surface area contributed by atoms with E-state index in [4.69, 9.17) is 16.3 Å². The minimum absolute atomic E-state index is 0.226. The second kappa shape index (κ2) is 5.90. The maximum absolute atomic E-state index is 11.3. The van der Waals surface area contributed by atoms with Crippen molar-refractivity contribution in [1.82, 2.24) is 14.9 Å². The van der Waals surface area contributed by atoms with Gasteiger partial charge in [-0.2, -0.15) is 0 Å². The quantitative estimate of drug-likeness (QED) is 0.756. The molecule has 1 aromatic heterocycles. The first kappa shape index (κ1) is 11.4. The smallest absolute Gasteiger partial charge is 0.272 e. The van der Waals surface area contributed by atoms with Gasteiger partial charge in [-0.05, 0) is 11.5 Å². The average molecular weight is 236 g/mol. The van der Waals surface area contributed by atoms with Crippen molar-refractivity contribution in [2.75, 3.05) is 20.3 Å². The number of methoxy groups -OCH3 is 1. The van der Waals surface area contributed by atoms with Crippen LogP contribution in [0.15, 0.2) is 5.38 Å². The molecule has 0 radical (unpaired) electrons. The monoisotopic (exact) mass is 235 g/mol. The van der Waals surface area contributed by atoms with Crippen LogP contribution >= 0.6 is 23.1 Å². The van der Waals surface area contributed by atoms with Crippen molar-refractivity contribution in [3.63, 3.8) is 0 Å². The highest BCUT2D eigenvalue weighted by atomic mass is 35.5. The Bertz CT molecular complexity index is 280. The molecule has 0 saturated heterocycles. The van der Waals surface area contributed by atoms with E-state index in [1.807, 2.05) is 0 Å². The third kappa shape index (κ3) is 3.57. The molecule has 0 aromatic carbocycles. The lowest BCUT2D eigenvalue weighted by Gasteiger charge is -2.08. The minimum atomic E-state index is -0.263. The van der Waals surface area contributed by atoms with E-state index in [0.29, 0.717) is 18.8 Å². The predicted octanol–water partition coefficient (Wildman–Crippen LogP) is 0.522. The Morgan fingerprint density at radius 2 is 2.64 bits per heavy atom. The number of ether oxygens (including phenoxy) is 1. The summed E-state index contributed by atoms with van der Waals surface area (Å²) in [5.41, 5.74) is 0.316. The van der Waals surface area contributed by atoms with Gasteiger partial charge in [-0.25, -0.2) is 0 Å². The van der Waals surface area contributed by atoms with Gasteiger partial charge in [0.25, 0.3) is 5.91 Å². The van der Waals surface area contributed by atoms with Crippen molar-refractivity contribution >= 4 is 29.0 Å². The fraction of sp³-hybridized carbons (Fsp3) is 0.571. The van der Waals surface area contributed by atoms with E-state index in [1.54, 1.807) is 12.5 Å². The number of hydrogen-bond acceptors (Lipinski definition) is 5. The SMILES string of the molecule is COCC(Cl)CNC(=O)c1csnn1. The molecule has 1 rings (SSSR count). The molecular formula is C7H10ClN3O2S. The highest BCUT2D eigenvalue weighted by Gasteiger charge is 2.10. The fourth-order valence-corrected chi connectivity index (χ4v) is 1.44. The molecule has 1 atom stereocenters. The van der Waals surface area contributed by atoms with Crippen LogP contribution in [0.2, 0.25) is 0 Å². The van der Waals surface area contributed by atoms with Gasteiger partial charge in [0.05, 0.1) is 12.0 Å². The molecule has 0 aliphatic rings. The van der Waals surface area contributed by atoms with Gasteiger partial charge in [0.2, 0.25) is 0 Å². The topological polar surface area (TPSA) is 64.1 Å². The molecule has 14 heavy (non-hydrogen) atoms. The summed E-state index contributed by atoms with van der Waals surface area (Å²) in [4.78, 5) is 11.3. The normalized spacial score (nSPS) is 12.4. The summed E-state index contributed by atoms with van der Waals surface area (Å²) < 4.78 is 8.40. The molecule has 78 valence electrons. The van der Waals surface area contributed by atoms with Gasteiger partial charge in [-0.15, -0.1) is 16.7 Å². The Morgan fingerprint density at radius 1 is 1.86 bits per heavy atom. The number of aromatic nitrogens is 2. The van der Waals surface area contributed by atoms with Crippen LogP contribution in [0.25, 0.3) is 0 Å². The summed E-state index contributed by atoms with van der Waals surface area (Å²) >= 11 is 6.95. The van der Waals surface area contributed by atoms with Gasteiger partial charge in [-0.3, -0.25) is 4.79 Å². The first-order valence-corrected chi connectivity index (χ1v) is 5.19. The zero-order valence-electron chi connectivity index (χ0n) is 7.57. The number of rotatable bonds is 5. The number of nitrogens with one attached hydrogen (secondary N) is 1. The Morgan fingerprint density at radius 3 is 3.21 bits per heavy atom. The Balaban J connectivity index is 2.28. The van der Waals surface area contributed by atoms with Crippen molar-refractivity contribution in [2.45, 2.75) is 5.38 Å². The molecule has 5 nitrogen and oxygen atoms in total. The lowest BCUT2D eigenvalue weighted by molar-refractivity contribution is 0.0944. The van der Waals surface area contributed by atoms with Crippen LogP contribution in [0.4, 0.5) is 0 Å². The standard InChI is InChI=1S/C7H10ClN3O2S/c1-13-3-5(8)2-9-7(12)6-4-14-11-10-6/h4-5H,2-3H2,1H3,(H,9,12). The fourth-order valence-electron chi connectivity index (χ4n) is 0.797. The second-order valence-electron chi connectivity index (χ2n) is 2.55. The molecule has 1 aromatic rings. The van der Waals surface area contributed by atoms with Crippen molar-refractivity contribution in [1.29, 1.82) is 0 Å². The van der Waals surface area contributed by atoms with Crippen LogP contribution in [0, 0.1) is 0 Å². The number of halogens is 1. The van der Waals surface area contributed by atoms with E-state index >= 15 is 0 Å². The van der Waals surface area contributed by atoms with E-state index in [1.165, 1.54) is 0 Å². The van der Waals surface area contributed by atoms with Crippen molar-refractivity contribution < 1.29 is 9.53 Å². The molecule has 0 spiro atoms. The lowest BCUT2D eigenvalue weighted by atomic mass is 10.4. The number of carbonyl (C=O) groups is 1. The van der Waals surface area contributed by atoms with Crippen LogP contribution in [0.3, 0.4) is 0 Å². The highest BCUT2D eigenvalue weighted by Crippen LogP contribution is 1.98. The van der Waals surface area contributed by atoms with Crippen LogP contribution in [0.5, 0.6) is 0 Å². The summed E-state index contributed by atoms with van der Waals surface area (Å²) in [6.45, 7) is 0.753. The van der Waals surface area contributed by atoms with E-state index in [-0.39, 0.29) is 11.3 Å². The third-order valence-corrected chi connectivity index (χ3v) is 2.21. The molecule has 1 N–H and O–H groups in total. The lowest BCUT2D eigenvalue weighted by Crippen LogP contribution is -2.31. The maximum Gasteiger partial charge on any atom is 0.272 e. The molecule has 1 heterocycles. The second-order valence-corrected chi connectivity index (χ2v) is 3.78. The van der Waals surface area contributed by atoms with Crippen LogP contribution in [-0.2, 0) is 4.74 Å². The number of carbonyl (C=O) groups excluding carboxylic acids is 1. The summed E-state index contributed by atoms with van der Waals surface area (Å²) in [6.07, 6.45) is 0. The van der Waals surface area contributed by atoms with Gasteiger partial charge in [-0.1, -0.05) is 4.49 Å². The van der Waals surface area contributed by atoms with E-state index in [9.17, 15) is 4.79 Å². The summed E-state index contributed by atoms with van der Waals surface area (Å²) in [7, 11) is 1.56. The zero-order chi connectivity index (χ0) is 10.4. The Kier molecular flexibility index (Phi) is 4.78. The summed E-state index contributed by atoms with van der Waals surface area (Å²) in [5.74, 6) is -0.263. The van der Waals surface area contributed by atoms with E-state index < -0.39 is 0 Å². The predicted molar refractivity (Wildman–Crippen MR) is 53.8 cm³/mol. The zero-order valence-corrected chi connectivity index (χ0v) is 9.14. The first-order valence-electron chi connectivity index (χ1n) is 3.92. The van der Waals surface area contributed by atoms with E-state index in [2.05, 4.69) is 14.9 Å². The van der Waals surface area contributed by atoms with Crippen molar-refractivity contribution in [2.24, 2.45) is 0 Å². The van der Waals surface area contributed by atoms with Crippen LogP contribution in [0.1, 0.15) is 10.5 Å². The highest BCUT2D eigenvalue weighted by molar-refractivity contribution is 7.03. The summed E-state index contributed by atoms with van der Waals surface area (Å²) in [6, 6.07) is 0. The number of hydrogen-bond donors (Lipinski definition) is 1. The Hall–Kier alpha value is -0.720. The molecule has 7 heteroatoms. The molecule has 0 fully saturated rings. The molecule has 1 amide bonds. The van der Waals surface area contributed by atoms with Gasteiger partial charge >= 0.3 is 0 Å². The van der Waals surface area contributed by atoms with Crippen LogP contribution < -0.4 is 5.32 Å². The summed E-state index contributed by atoms with van der Waals surface area (Å²) in [5, 5.41) is 7.60. The van der Waals surface area contributed by atoms with Crippen molar-refractivity contribution in [3.8, 4) is 0 Å². The average Bonchev–Trinajstić information content (AvgIpc) is 2.67. The minimum Gasteiger partial charge on any atom is -0.383 e. The van der Waals surface area contributed by atoms with E-state index in [0.717, 1.165) is 11.5 Å². The number of amides is 1. The molecule has 1 unspecified atom stereocenters. The molecule has 0 aliphatic carbocycles. The molecule has 0 saturated carbocycles. The van der Waals surface area contributed by atoms with Crippen LogP contribution in [-0.4, -0.2) is 41.1 Å². The number of nitrogens with zero attached hydrogens (tertiary/aromatic N) is 2. The molecule has 0 aliphatic heterocycles.